The molecular formula is C30H29N3O2. The van der Waals surface area contributed by atoms with Crippen LogP contribution in [0.4, 0.5) is 5.69 Å². The Balaban J connectivity index is 1.79. The third kappa shape index (κ3) is 4.08. The number of aromatic nitrogens is 1. The van der Waals surface area contributed by atoms with E-state index in [4.69, 9.17) is 0 Å². The van der Waals surface area contributed by atoms with Gasteiger partial charge in [0.2, 0.25) is 0 Å². The van der Waals surface area contributed by atoms with E-state index in [2.05, 4.69) is 24.0 Å². The molecule has 0 fully saturated rings. The van der Waals surface area contributed by atoms with Crippen molar-refractivity contribution in [2.24, 2.45) is 0 Å². The van der Waals surface area contributed by atoms with E-state index in [1.165, 1.54) is 5.56 Å². The first kappa shape index (κ1) is 22.8. The Kier molecular flexibility index (Phi) is 6.08. The van der Waals surface area contributed by atoms with Crippen LogP contribution >= 0.6 is 0 Å². The van der Waals surface area contributed by atoms with Gasteiger partial charge < -0.3 is 5.11 Å². The second-order valence-electron chi connectivity index (χ2n) is 9.19. The fraction of sp³-hybridized carbons (Fsp3) is 0.233. The number of amidine groups is 1. The summed E-state index contributed by atoms with van der Waals surface area (Å²) in [5.41, 5.74) is 6.48. The second kappa shape index (κ2) is 9.34. The number of hydrogen-bond acceptors (Lipinski definition) is 4. The van der Waals surface area contributed by atoms with Crippen molar-refractivity contribution in [3.05, 3.63) is 112 Å². The lowest BCUT2D eigenvalue weighted by Gasteiger charge is -2.41. The zero-order valence-electron chi connectivity index (χ0n) is 20.1. The summed E-state index contributed by atoms with van der Waals surface area (Å²) in [6, 6.07) is 19.5. The average Bonchev–Trinajstić information content (AvgIpc) is 2.89. The molecule has 0 saturated heterocycles. The number of carbonyl (C=O) groups is 1. The Hall–Kier alpha value is -3.99. The normalized spacial score (nSPS) is 19.6. The molecule has 5 nitrogen and oxygen atoms in total. The molecule has 5 rings (SSSR count). The van der Waals surface area contributed by atoms with Crippen LogP contribution in [-0.2, 0) is 11.2 Å². The minimum atomic E-state index is -0.550. The fourth-order valence-electron chi connectivity index (χ4n) is 5.10. The molecule has 0 saturated carbocycles. The Labute approximate surface area is 206 Å². The monoisotopic (exact) mass is 463 g/mol. The zero-order chi connectivity index (χ0) is 24.5. The van der Waals surface area contributed by atoms with Gasteiger partial charge in [-0.2, -0.15) is 0 Å². The van der Waals surface area contributed by atoms with Crippen LogP contribution in [0.15, 0.2) is 89.9 Å². The van der Waals surface area contributed by atoms with Gasteiger partial charge in [-0.15, -0.1) is 0 Å². The van der Waals surface area contributed by atoms with Crippen molar-refractivity contribution < 1.29 is 9.90 Å². The summed E-state index contributed by atoms with van der Waals surface area (Å²) in [6.45, 7) is 4.10. The summed E-state index contributed by atoms with van der Waals surface area (Å²) >= 11 is 0. The standard InChI is InChI=1S/C30H29N3O2/c1-3-20-11-15-23(16-12-20)33-24-7-4-8-25(34)27(24)26(22-6-5-17-32-18-22)28(30(33)31)29(35)21-13-9-19(2)10-14-21/h5-6,9-18,26,31,35H,3-4,7-8H2,1-2H3/b29-28+,31-30?. The summed E-state index contributed by atoms with van der Waals surface area (Å²) in [7, 11) is 0. The van der Waals surface area contributed by atoms with E-state index in [0.717, 1.165) is 35.4 Å². The van der Waals surface area contributed by atoms with Crippen molar-refractivity contribution in [3.8, 4) is 0 Å². The minimum Gasteiger partial charge on any atom is -0.507 e. The molecule has 0 amide bonds. The van der Waals surface area contributed by atoms with Gasteiger partial charge in [0.25, 0.3) is 0 Å². The smallest absolute Gasteiger partial charge is 0.161 e. The van der Waals surface area contributed by atoms with Crippen molar-refractivity contribution in [1.82, 2.24) is 4.98 Å². The highest BCUT2D eigenvalue weighted by Crippen LogP contribution is 2.47. The summed E-state index contributed by atoms with van der Waals surface area (Å²) in [5, 5.41) is 21.0. The van der Waals surface area contributed by atoms with Gasteiger partial charge in [-0.1, -0.05) is 55.0 Å². The molecule has 0 bridgehead atoms. The summed E-state index contributed by atoms with van der Waals surface area (Å²) in [6.07, 6.45) is 6.27. The van der Waals surface area contributed by atoms with Crippen LogP contribution in [0.5, 0.6) is 0 Å². The number of benzene rings is 2. The molecule has 1 aliphatic carbocycles. The van der Waals surface area contributed by atoms with Gasteiger partial charge in [0.05, 0.1) is 0 Å². The third-order valence-electron chi connectivity index (χ3n) is 6.96. The van der Waals surface area contributed by atoms with E-state index in [9.17, 15) is 15.3 Å². The largest absolute Gasteiger partial charge is 0.507 e. The van der Waals surface area contributed by atoms with Crippen molar-refractivity contribution in [2.45, 2.75) is 45.4 Å². The minimum absolute atomic E-state index is 0.0176. The van der Waals surface area contributed by atoms with Crippen LogP contribution in [0.2, 0.25) is 0 Å². The van der Waals surface area contributed by atoms with Gasteiger partial charge in [-0.3, -0.25) is 20.1 Å². The van der Waals surface area contributed by atoms with Crippen molar-refractivity contribution in [3.63, 3.8) is 0 Å². The number of carbonyl (C=O) groups excluding carboxylic acids is 1. The molecule has 2 aliphatic rings. The topological polar surface area (TPSA) is 77.3 Å². The molecule has 2 N–H and O–H groups in total. The number of nitrogens with one attached hydrogen (secondary N) is 1. The quantitative estimate of drug-likeness (QED) is 0.432. The van der Waals surface area contributed by atoms with E-state index >= 15 is 0 Å². The Morgan fingerprint density at radius 2 is 1.83 bits per heavy atom. The van der Waals surface area contributed by atoms with E-state index in [0.29, 0.717) is 29.6 Å². The molecular weight excluding hydrogens is 434 g/mol. The van der Waals surface area contributed by atoms with Crippen molar-refractivity contribution in [1.29, 1.82) is 5.41 Å². The van der Waals surface area contributed by atoms with Crippen LogP contribution in [0.25, 0.3) is 5.76 Å². The first-order valence-electron chi connectivity index (χ1n) is 12.1. The molecule has 2 aromatic carbocycles. The molecule has 0 radical (unpaired) electrons. The van der Waals surface area contributed by atoms with Crippen LogP contribution < -0.4 is 4.90 Å². The van der Waals surface area contributed by atoms with Crippen molar-refractivity contribution >= 4 is 23.1 Å². The van der Waals surface area contributed by atoms with Gasteiger partial charge in [0.15, 0.2) is 5.78 Å². The molecule has 35 heavy (non-hydrogen) atoms. The van der Waals surface area contributed by atoms with Crippen LogP contribution in [0.1, 0.15) is 54.4 Å². The zero-order valence-corrected chi connectivity index (χ0v) is 20.1. The summed E-state index contributed by atoms with van der Waals surface area (Å²) in [5.74, 6) is -0.276. The predicted octanol–water partition coefficient (Wildman–Crippen LogP) is 6.51. The first-order valence-corrected chi connectivity index (χ1v) is 12.1. The fourth-order valence-corrected chi connectivity index (χ4v) is 5.10. The number of rotatable bonds is 4. The Bertz CT molecular complexity index is 1340. The van der Waals surface area contributed by atoms with Crippen LogP contribution in [0.3, 0.4) is 0 Å². The summed E-state index contributed by atoms with van der Waals surface area (Å²) in [4.78, 5) is 19.6. The average molecular weight is 464 g/mol. The van der Waals surface area contributed by atoms with Crippen LogP contribution in [0, 0.1) is 12.3 Å². The number of hydrogen-bond donors (Lipinski definition) is 2. The lowest BCUT2D eigenvalue weighted by Crippen LogP contribution is -2.42. The molecule has 1 aromatic heterocycles. The van der Waals surface area contributed by atoms with Crippen LogP contribution in [-0.4, -0.2) is 21.7 Å². The number of allylic oxidation sites excluding steroid dienone is 2. The maximum Gasteiger partial charge on any atom is 0.161 e. The number of ketones is 1. The van der Waals surface area contributed by atoms with E-state index < -0.39 is 5.92 Å². The van der Waals surface area contributed by atoms with E-state index in [1.807, 2.05) is 60.4 Å². The van der Waals surface area contributed by atoms with Gasteiger partial charge in [0, 0.05) is 52.8 Å². The number of aryl methyl sites for hydroxylation is 2. The number of anilines is 1. The van der Waals surface area contributed by atoms with Gasteiger partial charge in [0.1, 0.15) is 11.6 Å². The lowest BCUT2D eigenvalue weighted by atomic mass is 9.73. The molecule has 1 unspecified atom stereocenters. The number of pyridine rings is 1. The molecule has 1 aliphatic heterocycles. The van der Waals surface area contributed by atoms with Gasteiger partial charge in [-0.05, 0) is 55.5 Å². The maximum atomic E-state index is 13.5. The first-order chi connectivity index (χ1) is 17.0. The second-order valence-corrected chi connectivity index (χ2v) is 9.19. The summed E-state index contributed by atoms with van der Waals surface area (Å²) < 4.78 is 0. The van der Waals surface area contributed by atoms with E-state index in [1.54, 1.807) is 12.4 Å². The lowest BCUT2D eigenvalue weighted by molar-refractivity contribution is -0.116. The molecule has 3 aromatic rings. The SMILES string of the molecule is CCc1ccc(N2C(=N)/C(=C(/O)c3ccc(C)cc3)C(c3cccnc3)C3=C2CCCC3=O)cc1. The maximum absolute atomic E-state index is 13.5. The Morgan fingerprint density at radius 1 is 1.09 bits per heavy atom. The van der Waals surface area contributed by atoms with Crippen molar-refractivity contribution in [2.75, 3.05) is 4.90 Å². The Morgan fingerprint density at radius 3 is 2.49 bits per heavy atom. The number of aliphatic hydroxyl groups excluding tert-OH is 1. The number of aliphatic hydroxyl groups is 1. The number of Topliss-reactive ketones (excluding diaryl/α,β-unsaturated/α-hetero) is 1. The predicted molar refractivity (Wildman–Crippen MR) is 140 cm³/mol. The highest BCUT2D eigenvalue weighted by Gasteiger charge is 2.43. The third-order valence-corrected chi connectivity index (χ3v) is 6.96. The number of nitrogens with zero attached hydrogens (tertiary/aromatic N) is 2. The molecule has 0 spiro atoms. The molecule has 5 heteroatoms. The molecule has 2 heterocycles. The highest BCUT2D eigenvalue weighted by atomic mass is 16.3. The van der Waals surface area contributed by atoms with Gasteiger partial charge in [-0.25, -0.2) is 0 Å². The highest BCUT2D eigenvalue weighted by molar-refractivity contribution is 6.19. The molecule has 176 valence electrons. The van der Waals surface area contributed by atoms with E-state index in [-0.39, 0.29) is 17.4 Å². The van der Waals surface area contributed by atoms with Gasteiger partial charge >= 0.3 is 0 Å². The molecule has 1 atom stereocenters.